The highest BCUT2D eigenvalue weighted by molar-refractivity contribution is 6.76. The molecule has 1 saturated heterocycles. The van der Waals surface area contributed by atoms with Gasteiger partial charge in [-0.05, 0) is 30.3 Å². The monoisotopic (exact) mass is 508 g/mol. The molecule has 0 spiro atoms. The predicted molar refractivity (Wildman–Crippen MR) is 145 cm³/mol. The predicted octanol–water partition coefficient (Wildman–Crippen LogP) is 3.87. The van der Waals surface area contributed by atoms with Crippen molar-refractivity contribution >= 4 is 34.2 Å². The Morgan fingerprint density at radius 2 is 1.79 bits per heavy atom. The van der Waals surface area contributed by atoms with Crippen molar-refractivity contribution in [3.8, 4) is 0 Å². The van der Waals surface area contributed by atoms with Crippen LogP contribution in [0.15, 0.2) is 17.1 Å². The summed E-state index contributed by atoms with van der Waals surface area (Å²) in [6.07, 6.45) is 5.55. The lowest BCUT2D eigenvalue weighted by Crippen LogP contribution is -2.50. The van der Waals surface area contributed by atoms with Crippen molar-refractivity contribution in [1.82, 2.24) is 14.5 Å². The number of rotatable bonds is 10. The van der Waals surface area contributed by atoms with Gasteiger partial charge in [-0.25, -0.2) is 4.98 Å². The van der Waals surface area contributed by atoms with E-state index in [1.54, 1.807) is 27.6 Å². The molecule has 1 fully saturated rings. The van der Waals surface area contributed by atoms with E-state index in [1.165, 1.54) is 0 Å². The van der Waals surface area contributed by atoms with E-state index in [1.807, 2.05) is 12.2 Å². The van der Waals surface area contributed by atoms with Gasteiger partial charge >= 0.3 is 0 Å². The number of hydrogen-bond donors (Lipinski definition) is 0. The molecule has 10 heteroatoms. The molecule has 1 aliphatic rings. The summed E-state index contributed by atoms with van der Waals surface area (Å²) in [6, 6.07) is 1.03. The number of likely N-dealkylation sites (N-methyl/N-ethyl adjacent to an activating group) is 1. The first kappa shape index (κ1) is 28.5. The van der Waals surface area contributed by atoms with Crippen LogP contribution in [0.5, 0.6) is 0 Å². The average molecular weight is 509 g/mol. The molecule has 1 aliphatic heterocycles. The van der Waals surface area contributed by atoms with Crippen molar-refractivity contribution in [2.75, 3.05) is 44.8 Å². The van der Waals surface area contributed by atoms with Crippen molar-refractivity contribution in [3.05, 3.63) is 28.3 Å². The lowest BCUT2D eigenvalue weighted by molar-refractivity contribution is -0.129. The number of carbonyl (C=O) groups is 1. The third kappa shape index (κ3) is 8.18. The highest BCUT2D eigenvalue weighted by atomic mass is 28.4. The number of hydrogen-bond acceptors (Lipinski definition) is 6. The van der Waals surface area contributed by atoms with Crippen LogP contribution < -0.4 is 10.5 Å². The van der Waals surface area contributed by atoms with Gasteiger partial charge in [0, 0.05) is 41.0 Å². The standard InChI is InChI=1S/C24H44N4O4Si2/c1-24(2,3)34(8,9)32-14-10-11-20-17-28(19-31-15-16-33(5,6)7)23(30)22(25-20)27-13-12-26(4)21(29)18-27/h10-11,17H,12-16,18-19H2,1-9H3. The Hall–Kier alpha value is -1.76. The van der Waals surface area contributed by atoms with Crippen LogP contribution in [-0.4, -0.2) is 76.6 Å². The molecule has 0 bridgehead atoms. The average Bonchev–Trinajstić information content (AvgIpc) is 2.70. The van der Waals surface area contributed by atoms with E-state index < -0.39 is 16.4 Å². The van der Waals surface area contributed by atoms with Gasteiger partial charge in [-0.1, -0.05) is 46.5 Å². The van der Waals surface area contributed by atoms with Gasteiger partial charge in [0.25, 0.3) is 5.56 Å². The van der Waals surface area contributed by atoms with E-state index in [0.717, 1.165) is 6.04 Å². The highest BCUT2D eigenvalue weighted by Crippen LogP contribution is 2.36. The number of ether oxygens (including phenoxy) is 1. The molecule has 0 atom stereocenters. The molecule has 34 heavy (non-hydrogen) atoms. The second kappa shape index (κ2) is 11.3. The smallest absolute Gasteiger partial charge is 0.295 e. The second-order valence-corrected chi connectivity index (χ2v) is 22.3. The summed E-state index contributed by atoms with van der Waals surface area (Å²) in [5.41, 5.74) is 0.411. The Labute approximate surface area is 207 Å². The molecular weight excluding hydrogens is 464 g/mol. The minimum Gasteiger partial charge on any atom is -0.413 e. The maximum Gasteiger partial charge on any atom is 0.295 e. The Bertz CT molecular complexity index is 932. The molecular formula is C24H44N4O4Si2. The second-order valence-electron chi connectivity index (χ2n) is 11.8. The van der Waals surface area contributed by atoms with Gasteiger partial charge in [-0.2, -0.15) is 0 Å². The molecule has 0 unspecified atom stereocenters. The molecule has 8 nitrogen and oxygen atoms in total. The number of anilines is 1. The van der Waals surface area contributed by atoms with Crippen LogP contribution in [0, 0.1) is 0 Å². The van der Waals surface area contributed by atoms with Gasteiger partial charge in [-0.3, -0.25) is 14.2 Å². The van der Waals surface area contributed by atoms with Crippen molar-refractivity contribution in [2.24, 2.45) is 0 Å². The quantitative estimate of drug-likeness (QED) is 0.353. The molecule has 1 aromatic rings. The fourth-order valence-corrected chi connectivity index (χ4v) is 4.75. The highest BCUT2D eigenvalue weighted by Gasteiger charge is 2.36. The lowest BCUT2D eigenvalue weighted by atomic mass is 10.2. The first-order chi connectivity index (χ1) is 15.6. The zero-order chi connectivity index (χ0) is 25.7. The maximum atomic E-state index is 13.2. The molecule has 2 rings (SSSR count). The van der Waals surface area contributed by atoms with Crippen LogP contribution in [-0.2, 0) is 20.7 Å². The molecule has 0 aliphatic carbocycles. The van der Waals surface area contributed by atoms with E-state index in [9.17, 15) is 9.59 Å². The van der Waals surface area contributed by atoms with Gasteiger partial charge < -0.3 is 19.0 Å². The summed E-state index contributed by atoms with van der Waals surface area (Å²) in [6.45, 7) is 20.5. The first-order valence-corrected chi connectivity index (χ1v) is 18.7. The molecule has 0 saturated carbocycles. The largest absolute Gasteiger partial charge is 0.413 e. The van der Waals surface area contributed by atoms with Gasteiger partial charge in [0.05, 0.1) is 18.8 Å². The fourth-order valence-electron chi connectivity index (χ4n) is 3.05. The number of nitrogens with zero attached hydrogens (tertiary/aromatic N) is 4. The molecule has 192 valence electrons. The maximum absolute atomic E-state index is 13.2. The number of aromatic nitrogens is 2. The van der Waals surface area contributed by atoms with E-state index in [2.05, 4.69) is 58.5 Å². The SMILES string of the molecule is CN1CCN(c2nc(C=CCO[Si](C)(C)C(C)(C)C)cn(COCC[Si](C)(C)C)c2=O)CC1=O. The van der Waals surface area contributed by atoms with Gasteiger partial charge in [0.1, 0.15) is 6.73 Å². The number of piperazine rings is 1. The molecule has 0 aromatic carbocycles. The zero-order valence-electron chi connectivity index (χ0n) is 22.6. The third-order valence-corrected chi connectivity index (χ3v) is 12.8. The van der Waals surface area contributed by atoms with Crippen LogP contribution in [0.4, 0.5) is 5.82 Å². The molecule has 0 radical (unpaired) electrons. The normalized spacial score (nSPS) is 16.1. The van der Waals surface area contributed by atoms with E-state index in [0.29, 0.717) is 37.8 Å². The van der Waals surface area contributed by atoms with Gasteiger partial charge in [0.15, 0.2) is 14.1 Å². The van der Waals surface area contributed by atoms with Crippen LogP contribution in [0.3, 0.4) is 0 Å². The Kier molecular flexibility index (Phi) is 9.48. The van der Waals surface area contributed by atoms with Crippen molar-refractivity contribution in [1.29, 1.82) is 0 Å². The molecule has 2 heterocycles. The first-order valence-electron chi connectivity index (χ1n) is 12.1. The number of amides is 1. The third-order valence-electron chi connectivity index (χ3n) is 6.59. The summed E-state index contributed by atoms with van der Waals surface area (Å²) in [5.74, 6) is 0.275. The van der Waals surface area contributed by atoms with Crippen LogP contribution in [0.25, 0.3) is 6.08 Å². The van der Waals surface area contributed by atoms with E-state index in [-0.39, 0.29) is 29.8 Å². The van der Waals surface area contributed by atoms with E-state index in [4.69, 9.17) is 9.16 Å². The molecule has 0 N–H and O–H groups in total. The molecule has 1 amide bonds. The minimum absolute atomic E-state index is 0.0194. The summed E-state index contributed by atoms with van der Waals surface area (Å²) in [7, 11) is -1.29. The Balaban J connectivity index is 2.23. The molecule has 1 aromatic heterocycles. The Morgan fingerprint density at radius 3 is 2.38 bits per heavy atom. The van der Waals surface area contributed by atoms with Crippen LogP contribution >= 0.6 is 0 Å². The summed E-state index contributed by atoms with van der Waals surface area (Å²) >= 11 is 0. The van der Waals surface area contributed by atoms with Crippen molar-refractivity contribution in [3.63, 3.8) is 0 Å². The zero-order valence-corrected chi connectivity index (χ0v) is 24.6. The lowest BCUT2D eigenvalue weighted by Gasteiger charge is -2.35. The van der Waals surface area contributed by atoms with Crippen LogP contribution in [0.1, 0.15) is 26.5 Å². The Morgan fingerprint density at radius 1 is 1.12 bits per heavy atom. The summed E-state index contributed by atoms with van der Waals surface area (Å²) in [4.78, 5) is 33.5. The number of carbonyl (C=O) groups excluding carboxylic acids is 1. The van der Waals surface area contributed by atoms with Crippen LogP contribution in [0.2, 0.25) is 43.8 Å². The fraction of sp³-hybridized carbons (Fsp3) is 0.708. The minimum atomic E-state index is -1.85. The topological polar surface area (TPSA) is 76.9 Å². The van der Waals surface area contributed by atoms with E-state index >= 15 is 0 Å². The summed E-state index contributed by atoms with van der Waals surface area (Å²) in [5, 5.41) is 0.140. The summed E-state index contributed by atoms with van der Waals surface area (Å²) < 4.78 is 13.6. The van der Waals surface area contributed by atoms with Gasteiger partial charge in [0.2, 0.25) is 5.91 Å². The van der Waals surface area contributed by atoms with Crippen molar-refractivity contribution in [2.45, 2.75) is 71.3 Å². The van der Waals surface area contributed by atoms with Crippen molar-refractivity contribution < 1.29 is 14.0 Å². The van der Waals surface area contributed by atoms with Gasteiger partial charge in [-0.15, -0.1) is 0 Å².